The van der Waals surface area contributed by atoms with Crippen LogP contribution in [0.2, 0.25) is 5.02 Å². The van der Waals surface area contributed by atoms with Crippen molar-refractivity contribution in [3.8, 4) is 0 Å². The van der Waals surface area contributed by atoms with Gasteiger partial charge < -0.3 is 4.74 Å². The van der Waals surface area contributed by atoms with E-state index in [1.54, 1.807) is 40.6 Å². The third-order valence-electron chi connectivity index (χ3n) is 5.16. The van der Waals surface area contributed by atoms with Crippen LogP contribution in [0.4, 0.5) is 0 Å². The minimum atomic E-state index is -0.658. The molecule has 1 aliphatic rings. The van der Waals surface area contributed by atoms with Crippen molar-refractivity contribution in [2.45, 2.75) is 19.9 Å². The monoisotopic (exact) mass is 442 g/mol. The summed E-state index contributed by atoms with van der Waals surface area (Å²) in [5, 5.41) is 4.92. The number of rotatable bonds is 3. The van der Waals surface area contributed by atoms with Gasteiger partial charge in [0.05, 0.1) is 29.1 Å². The van der Waals surface area contributed by atoms with Gasteiger partial charge in [0, 0.05) is 23.3 Å². The standard InChI is InChI=1S/C21H19ClN4O3S/c1-11-17(20(28)29-4)18(15-10-23-25(3)12(15)2)26-19(27)16(30-21(26)24-11)9-13-5-7-14(22)8-6-13/h5-10,18H,1-4H3. The van der Waals surface area contributed by atoms with Crippen LogP contribution in [-0.4, -0.2) is 27.4 Å². The molecule has 0 N–H and O–H groups in total. The Morgan fingerprint density at radius 2 is 1.97 bits per heavy atom. The summed E-state index contributed by atoms with van der Waals surface area (Å²) in [6.07, 6.45) is 3.47. The number of hydrogen-bond donors (Lipinski definition) is 0. The number of esters is 1. The molecule has 1 aromatic carbocycles. The highest BCUT2D eigenvalue weighted by Gasteiger charge is 2.34. The van der Waals surface area contributed by atoms with Crippen molar-refractivity contribution in [3.05, 3.63) is 83.3 Å². The van der Waals surface area contributed by atoms with Crippen molar-refractivity contribution < 1.29 is 9.53 Å². The maximum Gasteiger partial charge on any atom is 0.338 e. The van der Waals surface area contributed by atoms with Gasteiger partial charge in [-0.2, -0.15) is 5.10 Å². The third kappa shape index (κ3) is 3.32. The van der Waals surface area contributed by atoms with Crippen molar-refractivity contribution in [1.29, 1.82) is 0 Å². The number of carbonyl (C=O) groups excluding carboxylic acids is 1. The van der Waals surface area contributed by atoms with E-state index in [0.29, 0.717) is 25.6 Å². The number of thiazole rings is 1. The van der Waals surface area contributed by atoms with Crippen LogP contribution in [-0.2, 0) is 16.6 Å². The lowest BCUT2D eigenvalue weighted by molar-refractivity contribution is -0.136. The Hall–Kier alpha value is -2.97. The lowest BCUT2D eigenvalue weighted by atomic mass is 9.96. The van der Waals surface area contributed by atoms with Crippen LogP contribution in [0.25, 0.3) is 6.08 Å². The fourth-order valence-electron chi connectivity index (χ4n) is 3.48. The smallest absolute Gasteiger partial charge is 0.338 e. The second-order valence-electron chi connectivity index (χ2n) is 6.93. The number of benzene rings is 1. The average Bonchev–Trinajstić information content (AvgIpc) is 3.21. The second-order valence-corrected chi connectivity index (χ2v) is 8.38. The van der Waals surface area contributed by atoms with Crippen LogP contribution in [0.15, 0.2) is 51.5 Å². The summed E-state index contributed by atoms with van der Waals surface area (Å²) in [7, 11) is 3.14. The lowest BCUT2D eigenvalue weighted by Crippen LogP contribution is -2.40. The Morgan fingerprint density at radius 3 is 2.57 bits per heavy atom. The fraction of sp³-hybridized carbons (Fsp3) is 0.238. The van der Waals surface area contributed by atoms with Crippen LogP contribution in [0.5, 0.6) is 0 Å². The molecule has 0 fully saturated rings. The zero-order valence-electron chi connectivity index (χ0n) is 16.8. The van der Waals surface area contributed by atoms with E-state index < -0.39 is 12.0 Å². The minimum Gasteiger partial charge on any atom is -0.466 e. The number of ether oxygens (including phenoxy) is 1. The fourth-order valence-corrected chi connectivity index (χ4v) is 4.65. The largest absolute Gasteiger partial charge is 0.466 e. The molecule has 0 aliphatic carbocycles. The van der Waals surface area contributed by atoms with Crippen LogP contribution in [0.1, 0.15) is 29.8 Å². The normalized spacial score (nSPS) is 16.4. The SMILES string of the molecule is COC(=O)C1=C(C)N=c2sc(=Cc3ccc(Cl)cc3)c(=O)n2C1c1cnn(C)c1C. The lowest BCUT2D eigenvalue weighted by Gasteiger charge is -2.23. The number of aryl methyl sites for hydroxylation is 1. The van der Waals surface area contributed by atoms with Crippen LogP contribution in [0.3, 0.4) is 0 Å². The molecule has 9 heteroatoms. The van der Waals surface area contributed by atoms with Gasteiger partial charge in [-0.05, 0) is 37.6 Å². The Bertz CT molecular complexity index is 1360. The predicted octanol–water partition coefficient (Wildman–Crippen LogP) is 2.10. The summed E-state index contributed by atoms with van der Waals surface area (Å²) in [5.74, 6) is -0.517. The number of allylic oxidation sites excluding steroid dienone is 1. The van der Waals surface area contributed by atoms with Gasteiger partial charge in [-0.3, -0.25) is 14.0 Å². The van der Waals surface area contributed by atoms with Gasteiger partial charge in [-0.1, -0.05) is 35.1 Å². The van der Waals surface area contributed by atoms with E-state index in [2.05, 4.69) is 10.1 Å². The van der Waals surface area contributed by atoms with Gasteiger partial charge in [-0.15, -0.1) is 0 Å². The van der Waals surface area contributed by atoms with Gasteiger partial charge in [0.25, 0.3) is 5.56 Å². The molecule has 0 saturated carbocycles. The highest BCUT2D eigenvalue weighted by atomic mass is 35.5. The topological polar surface area (TPSA) is 78.5 Å². The number of methoxy groups -OCH3 is 1. The molecule has 4 rings (SSSR count). The molecule has 0 amide bonds. The quantitative estimate of drug-likeness (QED) is 0.582. The highest BCUT2D eigenvalue weighted by Crippen LogP contribution is 2.32. The number of fused-ring (bicyclic) bond motifs is 1. The van der Waals surface area contributed by atoms with Crippen molar-refractivity contribution in [1.82, 2.24) is 14.3 Å². The molecule has 0 saturated heterocycles. The van der Waals surface area contributed by atoms with Gasteiger partial charge in [-0.25, -0.2) is 9.79 Å². The van der Waals surface area contributed by atoms with E-state index in [9.17, 15) is 9.59 Å². The van der Waals surface area contributed by atoms with Gasteiger partial charge in [0.15, 0.2) is 4.80 Å². The van der Waals surface area contributed by atoms with E-state index in [4.69, 9.17) is 16.3 Å². The maximum absolute atomic E-state index is 13.4. The molecular weight excluding hydrogens is 424 g/mol. The highest BCUT2D eigenvalue weighted by molar-refractivity contribution is 7.07. The van der Waals surface area contributed by atoms with Crippen molar-refractivity contribution >= 4 is 35.0 Å². The first-order chi connectivity index (χ1) is 14.3. The summed E-state index contributed by atoms with van der Waals surface area (Å²) in [6, 6.07) is 6.56. The molecule has 0 radical (unpaired) electrons. The van der Waals surface area contributed by atoms with E-state index in [1.165, 1.54) is 18.4 Å². The Balaban J connectivity index is 1.99. The van der Waals surface area contributed by atoms with Crippen molar-refractivity contribution in [2.75, 3.05) is 7.11 Å². The number of hydrogen-bond acceptors (Lipinski definition) is 6. The minimum absolute atomic E-state index is 0.226. The van der Waals surface area contributed by atoms with E-state index >= 15 is 0 Å². The average molecular weight is 443 g/mol. The molecule has 3 heterocycles. The summed E-state index contributed by atoms with van der Waals surface area (Å²) in [4.78, 5) is 31.1. The molecule has 30 heavy (non-hydrogen) atoms. The van der Waals surface area contributed by atoms with Crippen molar-refractivity contribution in [2.24, 2.45) is 12.0 Å². The zero-order valence-corrected chi connectivity index (χ0v) is 18.4. The summed E-state index contributed by atoms with van der Waals surface area (Å²) in [5.41, 5.74) is 3.08. The molecule has 2 aromatic heterocycles. The van der Waals surface area contributed by atoms with Crippen LogP contribution in [0, 0.1) is 6.92 Å². The molecule has 154 valence electrons. The van der Waals surface area contributed by atoms with Gasteiger partial charge >= 0.3 is 5.97 Å². The molecule has 1 atom stereocenters. The number of aromatic nitrogens is 3. The van der Waals surface area contributed by atoms with E-state index in [0.717, 1.165) is 16.8 Å². The van der Waals surface area contributed by atoms with E-state index in [1.807, 2.05) is 26.1 Å². The van der Waals surface area contributed by atoms with Crippen molar-refractivity contribution in [3.63, 3.8) is 0 Å². The summed E-state index contributed by atoms with van der Waals surface area (Å²) < 4.78 is 8.79. The predicted molar refractivity (Wildman–Crippen MR) is 115 cm³/mol. The van der Waals surface area contributed by atoms with Gasteiger partial charge in [0.1, 0.15) is 6.04 Å². The van der Waals surface area contributed by atoms with E-state index in [-0.39, 0.29) is 5.56 Å². The maximum atomic E-state index is 13.4. The second kappa shape index (κ2) is 7.70. The number of halogens is 1. The molecule has 3 aromatic rings. The van der Waals surface area contributed by atoms with Crippen LogP contribution >= 0.6 is 22.9 Å². The molecule has 0 bridgehead atoms. The number of nitrogens with zero attached hydrogens (tertiary/aromatic N) is 4. The first-order valence-electron chi connectivity index (χ1n) is 9.16. The first kappa shape index (κ1) is 20.3. The van der Waals surface area contributed by atoms with Crippen LogP contribution < -0.4 is 14.9 Å². The summed E-state index contributed by atoms with van der Waals surface area (Å²) in [6.45, 7) is 3.65. The Morgan fingerprint density at radius 1 is 1.27 bits per heavy atom. The zero-order chi connectivity index (χ0) is 21.6. The third-order valence-corrected chi connectivity index (χ3v) is 6.40. The first-order valence-corrected chi connectivity index (χ1v) is 10.4. The molecule has 1 aliphatic heterocycles. The molecular formula is C21H19ClN4O3S. The number of carbonyl (C=O) groups is 1. The van der Waals surface area contributed by atoms with Gasteiger partial charge in [0.2, 0.25) is 0 Å². The molecule has 7 nitrogen and oxygen atoms in total. The molecule has 1 unspecified atom stereocenters. The summed E-state index contributed by atoms with van der Waals surface area (Å²) >= 11 is 7.24. The molecule has 0 spiro atoms. The Labute approximate surface area is 181 Å². The Kier molecular flexibility index (Phi) is 5.21.